The van der Waals surface area contributed by atoms with Crippen LogP contribution < -0.4 is 0 Å². The molecule has 1 rings (SSSR count). The van der Waals surface area contributed by atoms with Crippen LogP contribution in [0.5, 0.6) is 0 Å². The van der Waals surface area contributed by atoms with Crippen LogP contribution in [0, 0.1) is 3.57 Å². The van der Waals surface area contributed by atoms with E-state index in [1.165, 1.54) is 22.6 Å². The third-order valence-corrected chi connectivity index (χ3v) is 3.28. The Labute approximate surface area is 103 Å². The summed E-state index contributed by atoms with van der Waals surface area (Å²) < 4.78 is 60.9. The Morgan fingerprint density at radius 2 is 1.87 bits per heavy atom. The molecular weight excluding hydrogens is 400 g/mol. The summed E-state index contributed by atoms with van der Waals surface area (Å²) in [7, 11) is 0. The highest BCUT2D eigenvalue weighted by molar-refractivity contribution is 14.1. The number of hydrogen-bond donors (Lipinski definition) is 0. The van der Waals surface area contributed by atoms with Crippen LogP contribution in [0.25, 0.3) is 0 Å². The van der Waals surface area contributed by atoms with Gasteiger partial charge < -0.3 is 0 Å². The zero-order valence-corrected chi connectivity index (χ0v) is 10.5. The van der Waals surface area contributed by atoms with Crippen molar-refractivity contribution in [1.82, 2.24) is 4.98 Å². The van der Waals surface area contributed by atoms with Crippen molar-refractivity contribution in [2.45, 2.75) is 12.6 Å². The number of hydrogen-bond acceptors (Lipinski definition) is 1. The van der Waals surface area contributed by atoms with E-state index in [0.29, 0.717) is 0 Å². The van der Waals surface area contributed by atoms with Gasteiger partial charge >= 0.3 is 6.18 Å². The quantitative estimate of drug-likeness (QED) is 0.386. The first-order valence-electron chi connectivity index (χ1n) is 3.44. The van der Waals surface area contributed by atoms with Crippen molar-refractivity contribution in [2.75, 3.05) is 0 Å². The zero-order valence-electron chi connectivity index (χ0n) is 6.75. The molecule has 0 aliphatic heterocycles. The van der Waals surface area contributed by atoms with E-state index in [9.17, 15) is 22.0 Å². The second-order valence-electron chi connectivity index (χ2n) is 2.49. The van der Waals surface area contributed by atoms with E-state index in [-0.39, 0.29) is 0 Å². The minimum Gasteiger partial charge on any atom is -0.248 e. The number of halogens is 7. The molecule has 0 aliphatic rings. The molecule has 0 atom stereocenters. The van der Waals surface area contributed by atoms with Crippen molar-refractivity contribution >= 4 is 38.5 Å². The smallest absolute Gasteiger partial charge is 0.248 e. The number of rotatable bonds is 1. The van der Waals surface area contributed by atoms with Crippen molar-refractivity contribution in [3.8, 4) is 0 Å². The molecule has 15 heavy (non-hydrogen) atoms. The Hall–Kier alpha value is 0.01000. The van der Waals surface area contributed by atoms with Crippen molar-refractivity contribution in [3.05, 3.63) is 25.5 Å². The van der Waals surface area contributed by atoms with E-state index < -0.39 is 31.9 Å². The maximum atomic E-state index is 12.4. The lowest BCUT2D eigenvalue weighted by molar-refractivity contribution is -0.139. The molecule has 1 aromatic rings. The third kappa shape index (κ3) is 2.77. The maximum absolute atomic E-state index is 12.4. The van der Waals surface area contributed by atoms with E-state index in [2.05, 4.69) is 20.9 Å². The molecule has 0 unspecified atom stereocenters. The summed E-state index contributed by atoms with van der Waals surface area (Å²) in [5, 5.41) is 0. The molecule has 0 spiro atoms. The maximum Gasteiger partial charge on any atom is 0.420 e. The molecule has 84 valence electrons. The second kappa shape index (κ2) is 4.48. The van der Waals surface area contributed by atoms with Crippen LogP contribution in [-0.2, 0) is 6.18 Å². The molecule has 0 fully saturated rings. The minimum atomic E-state index is -4.70. The second-order valence-corrected chi connectivity index (χ2v) is 4.32. The summed E-state index contributed by atoms with van der Waals surface area (Å²) in [6.07, 6.45) is -6.95. The summed E-state index contributed by atoms with van der Waals surface area (Å²) in [5.41, 5.74) is -1.88. The number of alkyl halides is 5. The Balaban J connectivity index is 3.44. The molecule has 0 radical (unpaired) electrons. The minimum absolute atomic E-state index is 0.483. The Morgan fingerprint density at radius 3 is 2.27 bits per heavy atom. The first-order valence-corrected chi connectivity index (χ1v) is 5.31. The van der Waals surface area contributed by atoms with Crippen molar-refractivity contribution in [3.63, 3.8) is 0 Å². The number of pyridine rings is 1. The summed E-state index contributed by atoms with van der Waals surface area (Å²) in [6.45, 7) is 0. The van der Waals surface area contributed by atoms with Gasteiger partial charge in [0, 0.05) is 9.77 Å². The topological polar surface area (TPSA) is 12.9 Å². The highest BCUT2D eigenvalue weighted by Gasteiger charge is 2.38. The number of nitrogens with zero attached hydrogens (tertiary/aromatic N) is 1. The monoisotopic (exact) mass is 401 g/mol. The summed E-state index contributed by atoms with van der Waals surface area (Å²) >= 11 is 3.82. The molecule has 0 aromatic carbocycles. The van der Waals surface area contributed by atoms with Gasteiger partial charge in [0.25, 0.3) is 6.43 Å². The Bertz CT molecular complexity index is 378. The molecule has 0 saturated heterocycles. The van der Waals surface area contributed by atoms with Gasteiger partial charge in [-0.2, -0.15) is 13.2 Å². The molecule has 0 bridgehead atoms. The first kappa shape index (κ1) is 13.1. The molecule has 0 saturated carbocycles. The Kier molecular flexibility index (Phi) is 3.90. The lowest BCUT2D eigenvalue weighted by Gasteiger charge is -2.13. The van der Waals surface area contributed by atoms with E-state index in [1.54, 1.807) is 0 Å². The molecular formula is C7H2BrF5IN. The van der Waals surface area contributed by atoms with Crippen LogP contribution in [0.3, 0.4) is 0 Å². The molecule has 8 heteroatoms. The van der Waals surface area contributed by atoms with Crippen molar-refractivity contribution in [1.29, 1.82) is 0 Å². The van der Waals surface area contributed by atoms with Crippen LogP contribution in [0.15, 0.2) is 10.8 Å². The van der Waals surface area contributed by atoms with Crippen LogP contribution in [0.2, 0.25) is 0 Å². The predicted molar refractivity (Wildman–Crippen MR) is 54.6 cm³/mol. The van der Waals surface area contributed by atoms with Crippen molar-refractivity contribution < 1.29 is 22.0 Å². The highest BCUT2D eigenvalue weighted by atomic mass is 127. The van der Waals surface area contributed by atoms with E-state index >= 15 is 0 Å². The van der Waals surface area contributed by atoms with Gasteiger partial charge in [0.1, 0.15) is 10.2 Å². The zero-order chi connectivity index (χ0) is 11.8. The highest BCUT2D eigenvalue weighted by Crippen LogP contribution is 2.40. The Morgan fingerprint density at radius 1 is 1.33 bits per heavy atom. The van der Waals surface area contributed by atoms with E-state index in [1.807, 2.05) is 0 Å². The SMILES string of the molecule is FC(F)c1cnc(Br)c(C(F)(F)F)c1I. The van der Waals surface area contributed by atoms with Crippen LogP contribution in [-0.4, -0.2) is 4.98 Å². The average Bonchev–Trinajstić information content (AvgIpc) is 2.00. The van der Waals surface area contributed by atoms with E-state index in [0.717, 1.165) is 6.20 Å². The fourth-order valence-electron chi connectivity index (χ4n) is 0.876. The number of aromatic nitrogens is 1. The predicted octanol–water partition coefficient (Wildman–Crippen LogP) is 4.41. The summed E-state index contributed by atoms with van der Waals surface area (Å²) in [5.74, 6) is 0. The molecule has 1 nitrogen and oxygen atoms in total. The fraction of sp³-hybridized carbons (Fsp3) is 0.286. The average molecular weight is 402 g/mol. The van der Waals surface area contributed by atoms with Crippen LogP contribution in [0.4, 0.5) is 22.0 Å². The normalized spacial score (nSPS) is 12.3. The standard InChI is InChI=1S/C7H2BrF5IN/c8-5-3(7(11,12)13)4(14)2(1-15-5)6(9)10/h1,6H. The lowest BCUT2D eigenvalue weighted by atomic mass is 10.2. The van der Waals surface area contributed by atoms with Gasteiger partial charge in [-0.15, -0.1) is 0 Å². The van der Waals surface area contributed by atoms with Gasteiger partial charge in [-0.05, 0) is 38.5 Å². The van der Waals surface area contributed by atoms with Crippen LogP contribution in [0.1, 0.15) is 17.6 Å². The lowest BCUT2D eigenvalue weighted by Crippen LogP contribution is -2.12. The first-order chi connectivity index (χ1) is 6.75. The van der Waals surface area contributed by atoms with Crippen molar-refractivity contribution in [2.24, 2.45) is 0 Å². The fourth-order valence-corrected chi connectivity index (χ4v) is 2.71. The molecule has 1 heterocycles. The summed E-state index contributed by atoms with van der Waals surface area (Å²) in [6, 6.07) is 0. The third-order valence-electron chi connectivity index (χ3n) is 1.51. The van der Waals surface area contributed by atoms with Crippen LogP contribution >= 0.6 is 38.5 Å². The molecule has 0 aliphatic carbocycles. The molecule has 0 amide bonds. The molecule has 0 N–H and O–H groups in total. The molecule has 1 aromatic heterocycles. The van der Waals surface area contributed by atoms with E-state index in [4.69, 9.17) is 0 Å². The van der Waals surface area contributed by atoms with Gasteiger partial charge in [-0.1, -0.05) is 0 Å². The van der Waals surface area contributed by atoms with Gasteiger partial charge in [-0.25, -0.2) is 13.8 Å². The largest absolute Gasteiger partial charge is 0.420 e. The summed E-state index contributed by atoms with van der Waals surface area (Å²) in [4.78, 5) is 3.24. The van der Waals surface area contributed by atoms with Gasteiger partial charge in [0.2, 0.25) is 0 Å². The van der Waals surface area contributed by atoms with Gasteiger partial charge in [0.05, 0.1) is 5.56 Å². The van der Waals surface area contributed by atoms with Gasteiger partial charge in [0.15, 0.2) is 0 Å². The van der Waals surface area contributed by atoms with Gasteiger partial charge in [-0.3, -0.25) is 0 Å².